The van der Waals surface area contributed by atoms with Crippen molar-refractivity contribution in [2.24, 2.45) is 0 Å². The first-order valence-electron chi connectivity index (χ1n) is 50.2. The fourth-order valence-corrected chi connectivity index (χ4v) is 147. The van der Waals surface area contributed by atoms with Gasteiger partial charge >= 0.3 is 17.6 Å². The van der Waals surface area contributed by atoms with Gasteiger partial charge in [0, 0.05) is 13.1 Å². The average Bonchev–Trinajstić information content (AvgIpc) is 0.802. The summed E-state index contributed by atoms with van der Waals surface area (Å²) in [6.07, 6.45) is 8.08. The molecule has 41 heteroatoms. The van der Waals surface area contributed by atoms with Crippen LogP contribution >= 0.6 is 0 Å². The summed E-state index contributed by atoms with van der Waals surface area (Å²) < 4.78 is 103. The second-order valence-corrected chi connectivity index (χ2v) is 167. The van der Waals surface area contributed by atoms with Gasteiger partial charge in [0.1, 0.15) is 0 Å². The van der Waals surface area contributed by atoms with Crippen molar-refractivity contribution in [3.63, 3.8) is 0 Å². The molecule has 0 fully saturated rings. The van der Waals surface area contributed by atoms with Crippen molar-refractivity contribution >= 4 is 217 Å². The molecule has 0 aromatic rings. The molecular weight excluding hydrogens is 2270 g/mol. The van der Waals surface area contributed by atoms with Crippen LogP contribution in [-0.2, 0) is 61.7 Å². The van der Waals surface area contributed by atoms with Crippen LogP contribution in [0.1, 0.15) is 223 Å². The molecule has 0 heterocycles. The molecule has 0 N–H and O–H groups in total. The standard InChI is InChI=1S/C32H84O6Si10.C26H68O5Si8.2C14H38O2Si4.22CH4/c1-23-26-41(8,9)35-44(14,15)29-31-46(18,19)37-48(22,33-39(3,4)5)38-47(20,21)32-30-45(16,17)36-43(12,13)28-25-27-42(10,11)34-40(6,7)24-2;1-19-21-33(6,7)28-36(12,13)24-26-38(16,17)31-39(18,29-34(8,9)22-20-2)30-37(14,15)25-23-35(10,11)27-32(3,4)5;2*1-11-12-18(5,6)16-20(9,10)14-13-19(7,8)15-17(2,3)4;;;;;;;;;;;;;;;;;;;;;;/h24H,2,23,25-32H2,1,3-22H3;19H,1,20-26H2,2-18H3;2*11-14H2,1-10H3;22*1H4. The van der Waals surface area contributed by atoms with Gasteiger partial charge in [-0.05, 0) is 455 Å². The topological polar surface area (TPSA) is 138 Å². The molecule has 942 valence electrons. The Morgan fingerprint density at radius 2 is 0.262 bits per heavy atom. The minimum absolute atomic E-state index is 0. The molecule has 0 spiro atoms. The van der Waals surface area contributed by atoms with E-state index in [-0.39, 0.29) is 163 Å². The van der Waals surface area contributed by atoms with Gasteiger partial charge in [0.05, 0.1) is 0 Å². The smallest absolute Gasteiger partial charge is 0.456 e. The maximum absolute atomic E-state index is 7.21. The van der Waals surface area contributed by atoms with Crippen LogP contribution in [0.5, 0.6) is 0 Å². The molecule has 0 aliphatic carbocycles. The molecule has 0 rings (SSSR count). The van der Waals surface area contributed by atoms with Crippen LogP contribution in [0.25, 0.3) is 0 Å². The van der Waals surface area contributed by atoms with Gasteiger partial charge in [0.15, 0.2) is 200 Å². The van der Waals surface area contributed by atoms with E-state index in [9.17, 15) is 0 Å². The predicted octanol–water partition coefficient (Wildman–Crippen LogP) is 48.7. The van der Waals surface area contributed by atoms with Crippen molar-refractivity contribution in [2.45, 2.75) is 692 Å². The molecule has 149 heavy (non-hydrogen) atoms. The van der Waals surface area contributed by atoms with Gasteiger partial charge in [-0.3, -0.25) is 0 Å². The Morgan fingerprint density at radius 3 is 0.409 bits per heavy atom. The lowest BCUT2D eigenvalue weighted by molar-refractivity contribution is 0.256. The Balaban J connectivity index is -0.0000000567. The van der Waals surface area contributed by atoms with Gasteiger partial charge in [0.2, 0.25) is 0 Å². The number of allylic oxidation sites excluding steroid dienone is 1. The zero-order valence-electron chi connectivity index (χ0n) is 96.7. The Kier molecular flexibility index (Phi) is 127. The Morgan fingerprint density at radius 1 is 0.141 bits per heavy atom. The highest BCUT2D eigenvalue weighted by Gasteiger charge is 2.53. The van der Waals surface area contributed by atoms with E-state index in [2.05, 4.69) is 400 Å². The highest BCUT2D eigenvalue weighted by molar-refractivity contribution is 6.96. The summed E-state index contributed by atoms with van der Waals surface area (Å²) in [4.78, 5) is 0. The van der Waals surface area contributed by atoms with Gasteiger partial charge < -0.3 is 61.7 Å². The number of hydrogen-bond acceptors (Lipinski definition) is 15. The Hall–Kier alpha value is 4.52. The zero-order chi connectivity index (χ0) is 102. The van der Waals surface area contributed by atoms with Gasteiger partial charge in [-0.15, -0.1) is 13.2 Å². The van der Waals surface area contributed by atoms with E-state index in [4.69, 9.17) is 61.7 Å². The van der Waals surface area contributed by atoms with Crippen molar-refractivity contribution in [3.05, 3.63) is 24.9 Å². The first-order chi connectivity index (χ1) is 55.4. The minimum Gasteiger partial charge on any atom is -0.456 e. The molecule has 0 aromatic carbocycles. The molecule has 15 nitrogen and oxygen atoms in total. The molecule has 0 bridgehead atoms. The molecule has 0 saturated carbocycles. The molecule has 0 aromatic heterocycles. The zero-order valence-corrected chi connectivity index (χ0v) is 123. The summed E-state index contributed by atoms with van der Waals surface area (Å²) in [5, 5.41) is 0. The van der Waals surface area contributed by atoms with Crippen molar-refractivity contribution in [1.82, 2.24) is 0 Å². The molecule has 2 unspecified atom stereocenters. The largest absolute Gasteiger partial charge is 0.466 e. The summed E-state index contributed by atoms with van der Waals surface area (Å²) in [5.41, 5.74) is 2.07. The lowest BCUT2D eigenvalue weighted by Gasteiger charge is -2.44. The fourth-order valence-electron chi connectivity index (χ4n) is 18.4. The number of hydrogen-bond donors (Lipinski definition) is 0. The van der Waals surface area contributed by atoms with Crippen LogP contribution in [0.4, 0.5) is 0 Å². The van der Waals surface area contributed by atoms with E-state index in [1.54, 1.807) is 0 Å². The molecule has 2 atom stereocenters. The third kappa shape index (κ3) is 123. The average molecular weight is 2590 g/mol. The molecular formula is C108H316O15Si26. The van der Waals surface area contributed by atoms with E-state index in [1.807, 2.05) is 6.08 Å². The van der Waals surface area contributed by atoms with Crippen LogP contribution in [0, 0.1) is 0 Å². The van der Waals surface area contributed by atoms with Crippen molar-refractivity contribution < 1.29 is 61.7 Å². The highest BCUT2D eigenvalue weighted by atomic mass is 28.5. The molecule has 0 radical (unpaired) electrons. The Bertz CT molecular complexity index is 3060. The monoisotopic (exact) mass is 2580 g/mol. The van der Waals surface area contributed by atoms with E-state index in [0.29, 0.717) is 0 Å². The van der Waals surface area contributed by atoms with Crippen LogP contribution in [0.2, 0.25) is 468 Å². The van der Waals surface area contributed by atoms with Crippen molar-refractivity contribution in [1.29, 1.82) is 0 Å². The van der Waals surface area contributed by atoms with E-state index >= 15 is 0 Å². The van der Waals surface area contributed by atoms with Gasteiger partial charge in [-0.25, -0.2) is 0 Å². The number of rotatable bonds is 63. The van der Waals surface area contributed by atoms with E-state index < -0.39 is 217 Å². The highest BCUT2D eigenvalue weighted by Crippen LogP contribution is 2.40. The third-order valence-electron chi connectivity index (χ3n) is 21.9. The summed E-state index contributed by atoms with van der Waals surface area (Å²) >= 11 is 0. The van der Waals surface area contributed by atoms with Gasteiger partial charge in [0.25, 0.3) is 0 Å². The predicted molar refractivity (Wildman–Crippen MR) is 788 cm³/mol. The lowest BCUT2D eigenvalue weighted by Crippen LogP contribution is -2.60. The summed E-state index contributed by atoms with van der Waals surface area (Å²) in [6.45, 7) is 144. The van der Waals surface area contributed by atoms with Crippen LogP contribution in [0.3, 0.4) is 0 Å². The molecule has 0 aliphatic heterocycles. The van der Waals surface area contributed by atoms with Crippen molar-refractivity contribution in [3.8, 4) is 0 Å². The second kappa shape index (κ2) is 86.2. The maximum Gasteiger partial charge on any atom is 0.466 e. The van der Waals surface area contributed by atoms with E-state index in [1.165, 1.54) is 80.1 Å². The fraction of sp³-hybridized carbons (Fsp3) is 0.963. The first-order valence-corrected chi connectivity index (χ1v) is 130. The lowest BCUT2D eigenvalue weighted by atomic mass is 10.6. The summed E-state index contributed by atoms with van der Waals surface area (Å²) in [7, 11) is -46.9. The molecule has 0 aliphatic rings. The maximum atomic E-state index is 7.21. The van der Waals surface area contributed by atoms with Gasteiger partial charge in [-0.2, -0.15) is 0 Å². The van der Waals surface area contributed by atoms with Crippen LogP contribution in [0.15, 0.2) is 24.9 Å². The second-order valence-electron chi connectivity index (χ2n) is 54.3. The molecule has 0 amide bonds. The van der Waals surface area contributed by atoms with Gasteiger partial charge in [-0.1, -0.05) is 235 Å². The molecule has 0 saturated heterocycles. The van der Waals surface area contributed by atoms with Crippen LogP contribution < -0.4 is 0 Å². The Labute approximate surface area is 986 Å². The third-order valence-corrected chi connectivity index (χ3v) is 117. The van der Waals surface area contributed by atoms with E-state index in [0.717, 1.165) is 66.9 Å². The quantitative estimate of drug-likeness (QED) is 0.0421. The summed E-state index contributed by atoms with van der Waals surface area (Å²) in [6, 6.07) is 22.3. The normalized spacial score (nSPS) is 13.5. The van der Waals surface area contributed by atoms with Crippen molar-refractivity contribution in [2.75, 3.05) is 0 Å². The first kappa shape index (κ1) is 220. The summed E-state index contributed by atoms with van der Waals surface area (Å²) in [5.74, 6) is 0. The van der Waals surface area contributed by atoms with Crippen LogP contribution in [-0.4, -0.2) is 217 Å². The SMILES string of the molecule is C.C.C.C.C.C.C.C.C.C.C.C.C.C.C.C.C.C.C.C.C.C.C=CC[Si](C)(C)O[Si](C)(C)CC[Si](C)(C)O[Si](C)(O[Si](C)(C)CCC)O[Si](C)(C)CC[Si](C)(C)O[Si](C)(C)C.C=C[Si](C)(C)O[Si](C)(C)CCC[Si](C)(C)O[Si](C)(C)CC[Si](C)(C)O[Si](C)(O[Si](C)(C)C)O[Si](C)(C)CC[Si](C)(C)O[Si](C)(C)CCC.CCC[Si](C)(C)O[Si](C)(C)CC[Si](C)(C)O[Si](C)(C)C.CCC[Si](C)(C)O[Si](C)(C)CC[Si](C)(C)O[Si](C)(C)C. The minimum atomic E-state index is -2.87.